The van der Waals surface area contributed by atoms with Crippen molar-refractivity contribution < 1.29 is 26.8 Å². The van der Waals surface area contributed by atoms with Gasteiger partial charge in [-0.15, -0.1) is 0 Å². The summed E-state index contributed by atoms with van der Waals surface area (Å²) in [7, 11) is -3.83. The standard InChI is InChI=1S/C25H32ClF2N3O4S/c1-17(24(33)29-25(2,3)4)30(16-18-8-6-9-19(26)14-18)23(32)10-7-13-31(36(5,34)35)20-11-12-21(27)22(28)15-20/h6,8-9,11-12,14-15,17H,7,10,13,16H2,1-5H3,(H,29,33). The number of nitrogens with zero attached hydrogens (tertiary/aromatic N) is 2. The predicted octanol–water partition coefficient (Wildman–Crippen LogP) is 4.50. The Hall–Kier alpha value is -2.72. The van der Waals surface area contributed by atoms with E-state index in [4.69, 9.17) is 11.6 Å². The Morgan fingerprint density at radius 3 is 2.31 bits per heavy atom. The van der Waals surface area contributed by atoms with Gasteiger partial charge in [-0.05, 0) is 63.9 Å². The van der Waals surface area contributed by atoms with Gasteiger partial charge in [-0.2, -0.15) is 0 Å². The molecule has 0 bridgehead atoms. The lowest BCUT2D eigenvalue weighted by molar-refractivity contribution is -0.141. The number of nitrogens with one attached hydrogen (secondary N) is 1. The third-order valence-electron chi connectivity index (χ3n) is 5.25. The molecule has 2 amide bonds. The summed E-state index contributed by atoms with van der Waals surface area (Å²) < 4.78 is 52.5. The number of sulfonamides is 1. The molecule has 198 valence electrons. The number of anilines is 1. The number of carbonyl (C=O) groups is 2. The molecule has 2 rings (SSSR count). The third-order valence-corrected chi connectivity index (χ3v) is 6.68. The summed E-state index contributed by atoms with van der Waals surface area (Å²) in [6.07, 6.45) is 0.953. The molecule has 0 aromatic heterocycles. The zero-order valence-corrected chi connectivity index (χ0v) is 22.6. The van der Waals surface area contributed by atoms with Crippen LogP contribution in [0.4, 0.5) is 14.5 Å². The van der Waals surface area contributed by atoms with Crippen molar-refractivity contribution in [2.45, 2.75) is 58.7 Å². The van der Waals surface area contributed by atoms with Crippen molar-refractivity contribution in [3.63, 3.8) is 0 Å². The van der Waals surface area contributed by atoms with Crippen LogP contribution in [-0.4, -0.2) is 49.5 Å². The number of halogens is 3. The summed E-state index contributed by atoms with van der Waals surface area (Å²) in [5, 5.41) is 3.35. The molecule has 1 N–H and O–H groups in total. The van der Waals surface area contributed by atoms with E-state index in [2.05, 4.69) is 5.32 Å². The normalized spacial score (nSPS) is 12.7. The van der Waals surface area contributed by atoms with Crippen molar-refractivity contribution in [2.24, 2.45) is 0 Å². The first-order valence-electron chi connectivity index (χ1n) is 11.4. The maximum absolute atomic E-state index is 13.7. The van der Waals surface area contributed by atoms with E-state index in [0.717, 1.165) is 34.3 Å². The minimum absolute atomic E-state index is 0.0439. The van der Waals surface area contributed by atoms with Crippen LogP contribution in [0.15, 0.2) is 42.5 Å². The number of carbonyl (C=O) groups excluding carboxylic acids is 2. The van der Waals surface area contributed by atoms with Crippen molar-refractivity contribution in [2.75, 3.05) is 17.1 Å². The number of hydrogen-bond donors (Lipinski definition) is 1. The molecule has 0 aliphatic carbocycles. The molecule has 0 saturated carbocycles. The SMILES string of the molecule is CC(C(=O)NC(C)(C)C)N(Cc1cccc(Cl)c1)C(=O)CCCN(c1ccc(F)c(F)c1)S(C)(=O)=O. The van der Waals surface area contributed by atoms with Gasteiger partial charge in [0, 0.05) is 36.1 Å². The fraction of sp³-hybridized carbons (Fsp3) is 0.440. The van der Waals surface area contributed by atoms with E-state index in [1.807, 2.05) is 20.8 Å². The zero-order valence-electron chi connectivity index (χ0n) is 21.0. The van der Waals surface area contributed by atoms with E-state index in [9.17, 15) is 26.8 Å². The molecule has 0 aliphatic rings. The summed E-state index contributed by atoms with van der Waals surface area (Å²) in [6, 6.07) is 8.91. The number of amides is 2. The molecule has 0 saturated heterocycles. The van der Waals surface area contributed by atoms with Gasteiger partial charge in [0.25, 0.3) is 0 Å². The second kappa shape index (κ2) is 12.0. The van der Waals surface area contributed by atoms with Crippen LogP contribution in [0.5, 0.6) is 0 Å². The monoisotopic (exact) mass is 543 g/mol. The van der Waals surface area contributed by atoms with Crippen LogP contribution in [0.1, 0.15) is 46.1 Å². The first-order chi connectivity index (χ1) is 16.6. The quantitative estimate of drug-likeness (QED) is 0.478. The Bertz CT molecular complexity index is 1200. The van der Waals surface area contributed by atoms with Gasteiger partial charge in [0.15, 0.2) is 11.6 Å². The highest BCUT2D eigenvalue weighted by Crippen LogP contribution is 2.22. The van der Waals surface area contributed by atoms with Crippen molar-refractivity contribution in [3.05, 3.63) is 64.7 Å². The Morgan fingerprint density at radius 2 is 1.75 bits per heavy atom. The lowest BCUT2D eigenvalue weighted by Crippen LogP contribution is -2.52. The largest absolute Gasteiger partial charge is 0.350 e. The molecule has 0 aliphatic heterocycles. The minimum Gasteiger partial charge on any atom is -0.350 e. The molecule has 2 aromatic carbocycles. The van der Waals surface area contributed by atoms with Gasteiger partial charge >= 0.3 is 0 Å². The molecule has 2 aromatic rings. The molecule has 0 heterocycles. The Morgan fingerprint density at radius 1 is 1.08 bits per heavy atom. The van der Waals surface area contributed by atoms with Crippen LogP contribution < -0.4 is 9.62 Å². The fourth-order valence-electron chi connectivity index (χ4n) is 3.53. The molecular weight excluding hydrogens is 512 g/mol. The van der Waals surface area contributed by atoms with Crippen molar-refractivity contribution in [1.29, 1.82) is 0 Å². The molecule has 7 nitrogen and oxygen atoms in total. The maximum Gasteiger partial charge on any atom is 0.242 e. The topological polar surface area (TPSA) is 86.8 Å². The van der Waals surface area contributed by atoms with E-state index < -0.39 is 33.2 Å². The Labute approximate surface area is 216 Å². The summed E-state index contributed by atoms with van der Waals surface area (Å²) in [6.45, 7) is 7.10. The lowest BCUT2D eigenvalue weighted by atomic mass is 10.1. The number of rotatable bonds is 10. The van der Waals surface area contributed by atoms with E-state index in [1.54, 1.807) is 31.2 Å². The summed E-state index contributed by atoms with van der Waals surface area (Å²) >= 11 is 6.08. The highest BCUT2D eigenvalue weighted by molar-refractivity contribution is 7.92. The van der Waals surface area contributed by atoms with E-state index in [1.165, 1.54) is 4.90 Å². The highest BCUT2D eigenvalue weighted by atomic mass is 35.5. The van der Waals surface area contributed by atoms with E-state index >= 15 is 0 Å². The van der Waals surface area contributed by atoms with Gasteiger partial charge in [0.2, 0.25) is 21.8 Å². The fourth-order valence-corrected chi connectivity index (χ4v) is 4.70. The average molecular weight is 544 g/mol. The van der Waals surface area contributed by atoms with Crippen LogP contribution in [0, 0.1) is 11.6 Å². The summed E-state index contributed by atoms with van der Waals surface area (Å²) in [4.78, 5) is 27.5. The molecule has 0 fully saturated rings. The van der Waals surface area contributed by atoms with E-state index in [0.29, 0.717) is 5.02 Å². The van der Waals surface area contributed by atoms with Crippen molar-refractivity contribution in [3.8, 4) is 0 Å². The second-order valence-electron chi connectivity index (χ2n) is 9.60. The Kier molecular flexibility index (Phi) is 9.85. The number of hydrogen-bond acceptors (Lipinski definition) is 4. The number of benzene rings is 2. The second-order valence-corrected chi connectivity index (χ2v) is 11.9. The third kappa shape index (κ3) is 8.74. The zero-order chi connectivity index (χ0) is 27.3. The van der Waals surface area contributed by atoms with Crippen molar-refractivity contribution >= 4 is 39.1 Å². The molecule has 0 radical (unpaired) electrons. The average Bonchev–Trinajstić information content (AvgIpc) is 2.74. The van der Waals surface area contributed by atoms with Gasteiger partial charge in [-0.25, -0.2) is 17.2 Å². The van der Waals surface area contributed by atoms with Gasteiger partial charge in [0.1, 0.15) is 6.04 Å². The molecule has 36 heavy (non-hydrogen) atoms. The lowest BCUT2D eigenvalue weighted by Gasteiger charge is -2.32. The van der Waals surface area contributed by atoms with Gasteiger partial charge in [-0.1, -0.05) is 23.7 Å². The predicted molar refractivity (Wildman–Crippen MR) is 137 cm³/mol. The first-order valence-corrected chi connectivity index (χ1v) is 13.6. The van der Waals surface area contributed by atoms with Crippen LogP contribution in [0.25, 0.3) is 0 Å². The summed E-state index contributed by atoms with van der Waals surface area (Å²) in [5.41, 5.74) is 0.180. The Balaban J connectivity index is 2.21. The first kappa shape index (κ1) is 29.5. The van der Waals surface area contributed by atoms with Crippen LogP contribution in [0.2, 0.25) is 5.02 Å². The maximum atomic E-state index is 13.7. The van der Waals surface area contributed by atoms with Crippen molar-refractivity contribution in [1.82, 2.24) is 10.2 Å². The molecule has 1 unspecified atom stereocenters. The molecule has 0 spiro atoms. The van der Waals surface area contributed by atoms with Crippen LogP contribution >= 0.6 is 11.6 Å². The smallest absolute Gasteiger partial charge is 0.242 e. The minimum atomic E-state index is -3.83. The molecule has 1 atom stereocenters. The molecular formula is C25H32ClF2N3O4S. The van der Waals surface area contributed by atoms with Gasteiger partial charge in [-0.3, -0.25) is 13.9 Å². The molecule has 11 heteroatoms. The summed E-state index contributed by atoms with van der Waals surface area (Å²) in [5.74, 6) is -2.98. The van der Waals surface area contributed by atoms with Gasteiger partial charge in [0.05, 0.1) is 11.9 Å². The van der Waals surface area contributed by atoms with E-state index in [-0.39, 0.29) is 43.4 Å². The van der Waals surface area contributed by atoms with Crippen LogP contribution in [-0.2, 0) is 26.2 Å². The van der Waals surface area contributed by atoms with Gasteiger partial charge < -0.3 is 10.2 Å². The van der Waals surface area contributed by atoms with Crippen LogP contribution in [0.3, 0.4) is 0 Å². The highest BCUT2D eigenvalue weighted by Gasteiger charge is 2.28.